The van der Waals surface area contributed by atoms with Crippen molar-refractivity contribution in [1.29, 1.82) is 0 Å². The van der Waals surface area contributed by atoms with Gasteiger partial charge < -0.3 is 15.8 Å². The van der Waals surface area contributed by atoms with Gasteiger partial charge in [-0.25, -0.2) is 9.78 Å². The molecule has 18 heavy (non-hydrogen) atoms. The van der Waals surface area contributed by atoms with Gasteiger partial charge in [-0.05, 0) is 18.4 Å². The van der Waals surface area contributed by atoms with Crippen molar-refractivity contribution in [2.24, 2.45) is 5.41 Å². The molecule has 3 N–H and O–H groups in total. The first kappa shape index (κ1) is 14.3. The van der Waals surface area contributed by atoms with Crippen molar-refractivity contribution >= 4 is 17.5 Å². The topological polar surface area (TPSA) is 77.2 Å². The molecule has 0 aromatic carbocycles. The smallest absolute Gasteiger partial charge is 0.340 e. The van der Waals surface area contributed by atoms with Gasteiger partial charge in [0.25, 0.3) is 0 Å². The summed E-state index contributed by atoms with van der Waals surface area (Å²) in [6.07, 6.45) is 1.55. The van der Waals surface area contributed by atoms with Gasteiger partial charge >= 0.3 is 5.97 Å². The molecule has 0 saturated heterocycles. The Labute approximate surface area is 108 Å². The van der Waals surface area contributed by atoms with E-state index in [0.29, 0.717) is 23.7 Å². The second-order valence-corrected chi connectivity index (χ2v) is 5.26. The van der Waals surface area contributed by atoms with Crippen molar-refractivity contribution in [2.75, 3.05) is 24.2 Å². The Hall–Kier alpha value is -1.78. The Kier molecular flexibility index (Phi) is 4.53. The minimum absolute atomic E-state index is 0.105. The highest BCUT2D eigenvalue weighted by atomic mass is 16.5. The van der Waals surface area contributed by atoms with Crippen molar-refractivity contribution in [3.8, 4) is 0 Å². The minimum Gasteiger partial charge on any atom is -0.462 e. The summed E-state index contributed by atoms with van der Waals surface area (Å²) < 4.78 is 4.93. The van der Waals surface area contributed by atoms with Gasteiger partial charge in [0, 0.05) is 12.7 Å². The number of nitrogens with one attached hydrogen (secondary N) is 1. The van der Waals surface area contributed by atoms with Crippen molar-refractivity contribution < 1.29 is 9.53 Å². The third-order valence-electron chi connectivity index (χ3n) is 2.27. The average molecular weight is 251 g/mol. The first-order chi connectivity index (χ1) is 8.35. The molecule has 1 aromatic heterocycles. The number of pyridine rings is 1. The lowest BCUT2D eigenvalue weighted by Gasteiger charge is -2.20. The summed E-state index contributed by atoms with van der Waals surface area (Å²) in [6.45, 7) is 9.11. The van der Waals surface area contributed by atoms with Gasteiger partial charge in [-0.1, -0.05) is 20.8 Å². The normalized spacial score (nSPS) is 11.1. The van der Waals surface area contributed by atoms with Gasteiger partial charge in [-0.15, -0.1) is 0 Å². The minimum atomic E-state index is -0.420. The highest BCUT2D eigenvalue weighted by molar-refractivity contribution is 5.97. The third-order valence-corrected chi connectivity index (χ3v) is 2.27. The lowest BCUT2D eigenvalue weighted by atomic mass is 9.97. The van der Waals surface area contributed by atoms with Crippen LogP contribution in [0.1, 0.15) is 38.1 Å². The number of nitrogens with zero attached hydrogens (tertiary/aromatic N) is 1. The van der Waals surface area contributed by atoms with E-state index in [9.17, 15) is 4.79 Å². The molecule has 0 radical (unpaired) electrons. The number of ether oxygens (including phenoxy) is 1. The van der Waals surface area contributed by atoms with Gasteiger partial charge in [0.05, 0.1) is 17.9 Å². The predicted octanol–water partition coefficient (Wildman–Crippen LogP) is 2.30. The van der Waals surface area contributed by atoms with Crippen LogP contribution < -0.4 is 11.1 Å². The van der Waals surface area contributed by atoms with E-state index in [4.69, 9.17) is 10.5 Å². The molecule has 1 rings (SSSR count). The fourth-order valence-electron chi connectivity index (χ4n) is 1.35. The second kappa shape index (κ2) is 5.71. The van der Waals surface area contributed by atoms with Crippen LogP contribution in [0.15, 0.2) is 12.3 Å². The third kappa shape index (κ3) is 3.91. The molecule has 0 atom stereocenters. The maximum absolute atomic E-state index is 11.7. The molecular weight excluding hydrogens is 230 g/mol. The molecule has 100 valence electrons. The molecule has 0 unspecified atom stereocenters. The zero-order chi connectivity index (χ0) is 13.8. The predicted molar refractivity (Wildman–Crippen MR) is 72.6 cm³/mol. The summed E-state index contributed by atoms with van der Waals surface area (Å²) in [4.78, 5) is 15.8. The maximum atomic E-state index is 11.7. The summed E-state index contributed by atoms with van der Waals surface area (Å²) in [5.74, 6) is 0.103. The van der Waals surface area contributed by atoms with Crippen LogP contribution in [0.25, 0.3) is 0 Å². The van der Waals surface area contributed by atoms with Crippen molar-refractivity contribution in [2.45, 2.75) is 27.7 Å². The number of hydrogen-bond donors (Lipinski definition) is 2. The molecule has 5 nitrogen and oxygen atoms in total. The lowest BCUT2D eigenvalue weighted by molar-refractivity contribution is 0.0527. The van der Waals surface area contributed by atoms with E-state index >= 15 is 0 Å². The molecule has 1 heterocycles. The summed E-state index contributed by atoms with van der Waals surface area (Å²) in [5.41, 5.74) is 6.71. The van der Waals surface area contributed by atoms with E-state index in [-0.39, 0.29) is 5.41 Å². The standard InChI is InChI=1S/C13H21N3O2/c1-5-18-12(17)9-6-7-15-11(10(9)14)16-8-13(2,3)4/h6-7H,5,8,14H2,1-4H3,(H,15,16). The molecule has 0 spiro atoms. The molecule has 0 aliphatic rings. The summed E-state index contributed by atoms with van der Waals surface area (Å²) in [5, 5.41) is 3.15. The highest BCUT2D eigenvalue weighted by Crippen LogP contribution is 2.22. The number of nitrogens with two attached hydrogens (primary N) is 1. The van der Waals surface area contributed by atoms with Gasteiger partial charge in [0.2, 0.25) is 0 Å². The monoisotopic (exact) mass is 251 g/mol. The molecule has 0 aliphatic carbocycles. The number of anilines is 2. The molecule has 0 saturated carbocycles. The van der Waals surface area contributed by atoms with Crippen LogP contribution in [0.5, 0.6) is 0 Å². The largest absolute Gasteiger partial charge is 0.462 e. The average Bonchev–Trinajstić information content (AvgIpc) is 2.26. The van der Waals surface area contributed by atoms with E-state index in [0.717, 1.165) is 6.54 Å². The van der Waals surface area contributed by atoms with E-state index < -0.39 is 5.97 Å². The Morgan fingerprint density at radius 2 is 2.17 bits per heavy atom. The Morgan fingerprint density at radius 1 is 1.50 bits per heavy atom. The second-order valence-electron chi connectivity index (χ2n) is 5.26. The van der Waals surface area contributed by atoms with E-state index in [1.165, 1.54) is 0 Å². The number of esters is 1. The quantitative estimate of drug-likeness (QED) is 0.803. The summed E-state index contributed by atoms with van der Waals surface area (Å²) >= 11 is 0. The van der Waals surface area contributed by atoms with Crippen LogP contribution in [0, 0.1) is 5.41 Å². The van der Waals surface area contributed by atoms with Crippen LogP contribution in [0.4, 0.5) is 11.5 Å². The van der Waals surface area contributed by atoms with Crippen LogP contribution in [-0.4, -0.2) is 24.1 Å². The van der Waals surface area contributed by atoms with Gasteiger partial charge in [0.1, 0.15) is 5.82 Å². The van der Waals surface area contributed by atoms with Crippen molar-refractivity contribution in [3.05, 3.63) is 17.8 Å². The number of aromatic nitrogens is 1. The number of nitrogen functional groups attached to an aromatic ring is 1. The van der Waals surface area contributed by atoms with Gasteiger partial charge in [-0.3, -0.25) is 0 Å². The summed E-state index contributed by atoms with van der Waals surface area (Å²) in [6, 6.07) is 1.57. The molecule has 5 heteroatoms. The number of carbonyl (C=O) groups excluding carboxylic acids is 1. The zero-order valence-corrected chi connectivity index (χ0v) is 11.4. The first-order valence-corrected chi connectivity index (χ1v) is 6.00. The molecular formula is C13H21N3O2. The van der Waals surface area contributed by atoms with Gasteiger partial charge in [-0.2, -0.15) is 0 Å². The Bertz CT molecular complexity index is 425. The van der Waals surface area contributed by atoms with Crippen LogP contribution >= 0.6 is 0 Å². The van der Waals surface area contributed by atoms with E-state index in [2.05, 4.69) is 31.1 Å². The fourth-order valence-corrected chi connectivity index (χ4v) is 1.35. The van der Waals surface area contributed by atoms with Gasteiger partial charge in [0.15, 0.2) is 0 Å². The number of hydrogen-bond acceptors (Lipinski definition) is 5. The van der Waals surface area contributed by atoms with Crippen molar-refractivity contribution in [1.82, 2.24) is 4.98 Å². The van der Waals surface area contributed by atoms with Crippen LogP contribution in [0.2, 0.25) is 0 Å². The highest BCUT2D eigenvalue weighted by Gasteiger charge is 2.16. The molecule has 0 aliphatic heterocycles. The number of carbonyl (C=O) groups is 1. The molecule has 0 bridgehead atoms. The Balaban J connectivity index is 2.88. The van der Waals surface area contributed by atoms with Crippen LogP contribution in [0.3, 0.4) is 0 Å². The molecule has 0 fully saturated rings. The SMILES string of the molecule is CCOC(=O)c1ccnc(NCC(C)(C)C)c1N. The Morgan fingerprint density at radius 3 is 2.72 bits per heavy atom. The zero-order valence-electron chi connectivity index (χ0n) is 11.4. The van der Waals surface area contributed by atoms with Crippen LogP contribution in [-0.2, 0) is 4.74 Å². The lowest BCUT2D eigenvalue weighted by Crippen LogP contribution is -2.21. The maximum Gasteiger partial charge on any atom is 0.340 e. The first-order valence-electron chi connectivity index (χ1n) is 6.00. The fraction of sp³-hybridized carbons (Fsp3) is 0.538. The van der Waals surface area contributed by atoms with E-state index in [1.54, 1.807) is 19.2 Å². The van der Waals surface area contributed by atoms with E-state index in [1.807, 2.05) is 0 Å². The molecule has 1 aromatic rings. The van der Waals surface area contributed by atoms with Crippen molar-refractivity contribution in [3.63, 3.8) is 0 Å². The summed E-state index contributed by atoms with van der Waals surface area (Å²) in [7, 11) is 0. The number of rotatable bonds is 4. The molecule has 0 amide bonds.